The Kier molecular flexibility index (Phi) is 4.32. The minimum atomic E-state index is -0.404. The summed E-state index contributed by atoms with van der Waals surface area (Å²) >= 11 is 0. The molecule has 0 spiro atoms. The highest BCUT2D eigenvalue weighted by atomic mass is 35.5. The standard InChI is InChI=1S/C14H18N2O2.ClH/c15-14(17)10-1-3-12(4-2-10)18-8-7-16-6-5-11-9-13(11)16;/h1-4,11,13H,5-9H2,(H2,15,17);1H/t11-,13+;/m0./s1. The van der Waals surface area contributed by atoms with Gasteiger partial charge in [-0.1, -0.05) is 0 Å². The van der Waals surface area contributed by atoms with Crippen molar-refractivity contribution in [3.05, 3.63) is 29.8 Å². The van der Waals surface area contributed by atoms with Crippen molar-refractivity contribution in [1.82, 2.24) is 4.90 Å². The van der Waals surface area contributed by atoms with E-state index in [4.69, 9.17) is 10.5 Å². The molecule has 1 heterocycles. The van der Waals surface area contributed by atoms with E-state index >= 15 is 0 Å². The number of piperidine rings is 1. The summed E-state index contributed by atoms with van der Waals surface area (Å²) in [5.74, 6) is 1.37. The van der Waals surface area contributed by atoms with E-state index in [0.29, 0.717) is 12.2 Å². The van der Waals surface area contributed by atoms with Crippen molar-refractivity contribution in [2.24, 2.45) is 11.7 Å². The molecule has 1 aliphatic heterocycles. The van der Waals surface area contributed by atoms with Gasteiger partial charge in [0.25, 0.3) is 0 Å². The van der Waals surface area contributed by atoms with Gasteiger partial charge in [0.05, 0.1) is 0 Å². The van der Waals surface area contributed by atoms with E-state index in [-0.39, 0.29) is 12.4 Å². The van der Waals surface area contributed by atoms with Crippen molar-refractivity contribution in [1.29, 1.82) is 0 Å². The molecule has 2 fully saturated rings. The lowest BCUT2D eigenvalue weighted by molar-refractivity contribution is 0.100. The van der Waals surface area contributed by atoms with Crippen LogP contribution < -0.4 is 10.5 Å². The number of amides is 1. The number of carbonyl (C=O) groups excluding carboxylic acids is 1. The Hall–Kier alpha value is -1.26. The molecule has 2 aliphatic rings. The third-order valence-corrected chi connectivity index (χ3v) is 3.93. The van der Waals surface area contributed by atoms with Gasteiger partial charge in [0.15, 0.2) is 0 Å². The fourth-order valence-electron chi connectivity index (χ4n) is 2.76. The summed E-state index contributed by atoms with van der Waals surface area (Å²) in [5, 5.41) is 0. The average Bonchev–Trinajstić information content (AvgIpc) is 3.05. The van der Waals surface area contributed by atoms with Crippen LogP contribution in [0.4, 0.5) is 0 Å². The summed E-state index contributed by atoms with van der Waals surface area (Å²) in [4.78, 5) is 13.4. The van der Waals surface area contributed by atoms with Gasteiger partial charge in [-0.25, -0.2) is 0 Å². The molecule has 2 N–H and O–H groups in total. The molecular weight excluding hydrogens is 264 g/mol. The zero-order chi connectivity index (χ0) is 12.5. The first-order valence-electron chi connectivity index (χ1n) is 6.51. The number of hydrogen-bond donors (Lipinski definition) is 1. The van der Waals surface area contributed by atoms with Crippen LogP contribution in [0, 0.1) is 5.92 Å². The van der Waals surface area contributed by atoms with E-state index in [1.165, 1.54) is 19.4 Å². The molecule has 0 aromatic heterocycles. The number of likely N-dealkylation sites (tertiary alicyclic amines) is 1. The second-order valence-corrected chi connectivity index (χ2v) is 5.12. The lowest BCUT2D eigenvalue weighted by Gasteiger charge is -2.17. The van der Waals surface area contributed by atoms with Crippen LogP contribution in [-0.4, -0.2) is 36.5 Å². The van der Waals surface area contributed by atoms with Crippen LogP contribution in [0.2, 0.25) is 0 Å². The number of nitrogens with zero attached hydrogens (tertiary/aromatic N) is 1. The molecule has 19 heavy (non-hydrogen) atoms. The maximum Gasteiger partial charge on any atom is 0.248 e. The number of primary amides is 1. The highest BCUT2D eigenvalue weighted by molar-refractivity contribution is 5.92. The van der Waals surface area contributed by atoms with Crippen LogP contribution in [0.1, 0.15) is 23.2 Å². The topological polar surface area (TPSA) is 55.6 Å². The zero-order valence-electron chi connectivity index (χ0n) is 10.7. The molecule has 5 heteroatoms. The molecule has 3 rings (SSSR count). The molecule has 1 saturated heterocycles. The molecule has 2 atom stereocenters. The summed E-state index contributed by atoms with van der Waals surface area (Å²) in [5.41, 5.74) is 5.70. The van der Waals surface area contributed by atoms with Gasteiger partial charge in [-0.3, -0.25) is 9.69 Å². The number of benzene rings is 1. The Balaban J connectivity index is 0.00000133. The number of nitrogens with two attached hydrogens (primary N) is 1. The van der Waals surface area contributed by atoms with Gasteiger partial charge in [-0.2, -0.15) is 0 Å². The van der Waals surface area contributed by atoms with Crippen LogP contribution in [0.25, 0.3) is 0 Å². The van der Waals surface area contributed by atoms with E-state index in [1.54, 1.807) is 24.3 Å². The number of carbonyl (C=O) groups is 1. The highest BCUT2D eigenvalue weighted by Gasteiger charge is 2.46. The van der Waals surface area contributed by atoms with Crippen LogP contribution in [0.15, 0.2) is 24.3 Å². The van der Waals surface area contributed by atoms with E-state index in [2.05, 4.69) is 4.90 Å². The number of rotatable bonds is 5. The quantitative estimate of drug-likeness (QED) is 0.894. The first-order chi connectivity index (χ1) is 8.74. The third kappa shape index (κ3) is 3.19. The molecule has 1 aromatic carbocycles. The number of fused-ring (bicyclic) bond motifs is 1. The first-order valence-corrected chi connectivity index (χ1v) is 6.51. The van der Waals surface area contributed by atoms with Crippen LogP contribution in [0.5, 0.6) is 5.75 Å². The lowest BCUT2D eigenvalue weighted by atomic mass is 10.2. The minimum absolute atomic E-state index is 0. The Bertz CT molecular complexity index is 449. The van der Waals surface area contributed by atoms with Gasteiger partial charge < -0.3 is 10.5 Å². The Morgan fingerprint density at radius 3 is 2.63 bits per heavy atom. The number of ether oxygens (including phenoxy) is 1. The Labute approximate surface area is 119 Å². The molecule has 0 radical (unpaired) electrons. The van der Waals surface area contributed by atoms with E-state index in [9.17, 15) is 4.79 Å². The van der Waals surface area contributed by atoms with Gasteiger partial charge >= 0.3 is 0 Å². The average molecular weight is 283 g/mol. The van der Waals surface area contributed by atoms with E-state index < -0.39 is 5.91 Å². The molecule has 4 nitrogen and oxygen atoms in total. The number of halogens is 1. The Morgan fingerprint density at radius 2 is 2.11 bits per heavy atom. The highest BCUT2D eigenvalue weighted by Crippen LogP contribution is 2.43. The van der Waals surface area contributed by atoms with Gasteiger partial charge in [0.1, 0.15) is 12.4 Å². The van der Waals surface area contributed by atoms with Crippen LogP contribution in [-0.2, 0) is 0 Å². The number of hydrogen-bond acceptors (Lipinski definition) is 3. The molecule has 1 aliphatic carbocycles. The van der Waals surface area contributed by atoms with Crippen LogP contribution >= 0.6 is 12.4 Å². The molecule has 104 valence electrons. The fourth-order valence-corrected chi connectivity index (χ4v) is 2.76. The maximum atomic E-state index is 10.9. The minimum Gasteiger partial charge on any atom is -0.492 e. The van der Waals surface area contributed by atoms with Crippen molar-refractivity contribution < 1.29 is 9.53 Å². The van der Waals surface area contributed by atoms with Gasteiger partial charge in [0, 0.05) is 18.2 Å². The van der Waals surface area contributed by atoms with Crippen molar-refractivity contribution in [2.45, 2.75) is 18.9 Å². The van der Waals surface area contributed by atoms with Gasteiger partial charge in [0.2, 0.25) is 5.91 Å². The molecule has 1 saturated carbocycles. The summed E-state index contributed by atoms with van der Waals surface area (Å²) in [7, 11) is 0. The van der Waals surface area contributed by atoms with E-state index in [0.717, 1.165) is 24.3 Å². The van der Waals surface area contributed by atoms with Crippen molar-refractivity contribution in [3.63, 3.8) is 0 Å². The molecule has 1 amide bonds. The van der Waals surface area contributed by atoms with Crippen LogP contribution in [0.3, 0.4) is 0 Å². The molecule has 0 unspecified atom stereocenters. The predicted molar refractivity (Wildman–Crippen MR) is 75.8 cm³/mol. The normalized spacial score (nSPS) is 24.4. The predicted octanol–water partition coefficient (Wildman–Crippen LogP) is 1.68. The largest absolute Gasteiger partial charge is 0.492 e. The fraction of sp³-hybridized carbons (Fsp3) is 0.500. The molecular formula is C14H19ClN2O2. The third-order valence-electron chi connectivity index (χ3n) is 3.93. The zero-order valence-corrected chi connectivity index (χ0v) is 11.6. The second kappa shape index (κ2) is 5.80. The lowest BCUT2D eigenvalue weighted by Crippen LogP contribution is -2.28. The smallest absolute Gasteiger partial charge is 0.248 e. The van der Waals surface area contributed by atoms with Crippen molar-refractivity contribution in [3.8, 4) is 5.75 Å². The van der Waals surface area contributed by atoms with Gasteiger partial charge in [-0.15, -0.1) is 12.4 Å². The SMILES string of the molecule is Cl.NC(=O)c1ccc(OCCN2CC[C@H]3C[C@H]32)cc1. The first kappa shape index (κ1) is 14.2. The summed E-state index contributed by atoms with van der Waals surface area (Å²) in [6.07, 6.45) is 2.74. The summed E-state index contributed by atoms with van der Waals surface area (Å²) in [6.45, 7) is 2.93. The Morgan fingerprint density at radius 1 is 1.37 bits per heavy atom. The molecule has 0 bridgehead atoms. The van der Waals surface area contributed by atoms with E-state index in [1.807, 2.05) is 0 Å². The summed E-state index contributed by atoms with van der Waals surface area (Å²) < 4.78 is 5.68. The monoisotopic (exact) mass is 282 g/mol. The van der Waals surface area contributed by atoms with Crippen molar-refractivity contribution >= 4 is 18.3 Å². The second-order valence-electron chi connectivity index (χ2n) is 5.12. The maximum absolute atomic E-state index is 10.9. The summed E-state index contributed by atoms with van der Waals surface area (Å²) in [6, 6.07) is 7.83. The van der Waals surface area contributed by atoms with Crippen molar-refractivity contribution in [2.75, 3.05) is 19.7 Å². The van der Waals surface area contributed by atoms with Gasteiger partial charge in [-0.05, 0) is 49.6 Å². The molecule has 1 aromatic rings.